The van der Waals surface area contributed by atoms with E-state index in [1.165, 1.54) is 75.1 Å². The van der Waals surface area contributed by atoms with Crippen LogP contribution >= 0.6 is 11.3 Å². The Balaban J connectivity index is 1.26. The molecular weight excluding hydrogens is 665 g/mol. The molecule has 5 heteroatoms. The smallest absolute Gasteiger partial charge is 0.162 e. The van der Waals surface area contributed by atoms with Gasteiger partial charge in [-0.2, -0.15) is 0 Å². The van der Waals surface area contributed by atoms with Crippen molar-refractivity contribution in [2.75, 3.05) is 0 Å². The summed E-state index contributed by atoms with van der Waals surface area (Å²) in [6.45, 7) is 0. The van der Waals surface area contributed by atoms with Crippen molar-refractivity contribution in [2.24, 2.45) is 0 Å². The molecule has 0 saturated carbocycles. The van der Waals surface area contributed by atoms with E-state index in [9.17, 15) is 0 Å². The van der Waals surface area contributed by atoms with Crippen LogP contribution in [-0.2, 0) is 0 Å². The zero-order chi connectivity index (χ0) is 34.4. The highest BCUT2D eigenvalue weighted by Gasteiger charge is 2.26. The lowest BCUT2D eigenvalue weighted by Crippen LogP contribution is -2.01. The van der Waals surface area contributed by atoms with E-state index in [-0.39, 0.29) is 0 Å². The summed E-state index contributed by atoms with van der Waals surface area (Å²) in [5.41, 5.74) is 8.03. The van der Waals surface area contributed by atoms with Gasteiger partial charge >= 0.3 is 0 Å². The van der Waals surface area contributed by atoms with Crippen molar-refractivity contribution in [3.8, 4) is 17.2 Å². The van der Waals surface area contributed by atoms with Gasteiger partial charge in [-0.05, 0) is 57.9 Å². The first kappa shape index (κ1) is 27.8. The highest BCUT2D eigenvalue weighted by molar-refractivity contribution is 7.26. The molecule has 4 nitrogen and oxygen atoms in total. The van der Waals surface area contributed by atoms with Crippen LogP contribution in [0, 0.1) is 0 Å². The van der Waals surface area contributed by atoms with Gasteiger partial charge in [0, 0.05) is 48.0 Å². The number of nitrogens with zero attached hydrogens (tertiary/aromatic N) is 4. The second-order valence-electron chi connectivity index (χ2n) is 14.1. The summed E-state index contributed by atoms with van der Waals surface area (Å²) >= 11 is 1.78. The number of thiophene rings is 1. The molecule has 0 aliphatic rings. The van der Waals surface area contributed by atoms with Crippen LogP contribution in [0.3, 0.4) is 0 Å². The van der Waals surface area contributed by atoms with Gasteiger partial charge in [-0.15, -0.1) is 11.3 Å². The predicted molar refractivity (Wildman–Crippen MR) is 224 cm³/mol. The molecule has 0 unspecified atom stereocenters. The molecule has 13 rings (SSSR count). The van der Waals surface area contributed by atoms with Crippen molar-refractivity contribution in [3.05, 3.63) is 158 Å². The number of aromatic nitrogens is 4. The molecule has 0 aliphatic heterocycles. The van der Waals surface area contributed by atoms with Gasteiger partial charge in [0.1, 0.15) is 0 Å². The lowest BCUT2D eigenvalue weighted by atomic mass is 9.99. The second-order valence-corrected chi connectivity index (χ2v) is 15.2. The molecule has 0 spiro atoms. The molecule has 13 aromatic rings. The maximum absolute atomic E-state index is 5.57. The highest BCUT2D eigenvalue weighted by Crippen LogP contribution is 2.49. The van der Waals surface area contributed by atoms with Crippen LogP contribution in [0.5, 0.6) is 0 Å². The van der Waals surface area contributed by atoms with Crippen LogP contribution in [0.25, 0.3) is 119 Å². The summed E-state index contributed by atoms with van der Waals surface area (Å²) in [5.74, 6) is 1.64. The first-order valence-electron chi connectivity index (χ1n) is 18.0. The SMILES string of the molecule is c1ccc2cc(-c3nc(-n4c5ccccc5c5c6c7ccccc7n7c8ccc9ccccc9c8c(cc54)c67)c4sc5ccccc5c4n3)ccc2c1. The fourth-order valence-electron chi connectivity index (χ4n) is 9.20. The molecule has 53 heavy (non-hydrogen) atoms. The van der Waals surface area contributed by atoms with Crippen molar-refractivity contribution in [1.29, 1.82) is 0 Å². The van der Waals surface area contributed by atoms with Gasteiger partial charge in [-0.3, -0.25) is 4.57 Å². The van der Waals surface area contributed by atoms with Crippen molar-refractivity contribution in [3.63, 3.8) is 0 Å². The highest BCUT2D eigenvalue weighted by atomic mass is 32.1. The lowest BCUT2D eigenvalue weighted by Gasteiger charge is -2.11. The number of hydrogen-bond acceptors (Lipinski definition) is 3. The van der Waals surface area contributed by atoms with Gasteiger partial charge in [0.2, 0.25) is 0 Å². The summed E-state index contributed by atoms with van der Waals surface area (Å²) in [6.07, 6.45) is 0. The molecule has 0 amide bonds. The van der Waals surface area contributed by atoms with E-state index >= 15 is 0 Å². The summed E-state index contributed by atoms with van der Waals surface area (Å²) < 4.78 is 7.22. The topological polar surface area (TPSA) is 35.1 Å². The molecule has 244 valence electrons. The van der Waals surface area contributed by atoms with Crippen molar-refractivity contribution < 1.29 is 0 Å². The van der Waals surface area contributed by atoms with Crippen molar-refractivity contribution >= 4 is 113 Å². The molecule has 5 heterocycles. The van der Waals surface area contributed by atoms with Gasteiger partial charge in [-0.1, -0.05) is 121 Å². The van der Waals surface area contributed by atoms with Gasteiger partial charge in [0.15, 0.2) is 11.6 Å². The average Bonchev–Trinajstić information content (AvgIpc) is 3.95. The van der Waals surface area contributed by atoms with E-state index in [0.29, 0.717) is 0 Å². The van der Waals surface area contributed by atoms with Crippen LogP contribution in [-0.4, -0.2) is 18.9 Å². The normalized spacial score (nSPS) is 12.5. The maximum atomic E-state index is 5.57. The summed E-state index contributed by atoms with van der Waals surface area (Å²) in [4.78, 5) is 10.9. The first-order chi connectivity index (χ1) is 26.3. The third-order valence-corrected chi connectivity index (χ3v) is 12.6. The molecular formula is C48H26N4S. The lowest BCUT2D eigenvalue weighted by molar-refractivity contribution is 1.08. The largest absolute Gasteiger partial charge is 0.308 e. The van der Waals surface area contributed by atoms with E-state index in [4.69, 9.17) is 9.97 Å². The van der Waals surface area contributed by atoms with Crippen LogP contribution in [0.1, 0.15) is 0 Å². The second kappa shape index (κ2) is 9.94. The number of fused-ring (bicyclic) bond motifs is 16. The molecule has 0 atom stereocenters. The molecule has 0 N–H and O–H groups in total. The van der Waals surface area contributed by atoms with Gasteiger partial charge in [0.05, 0.1) is 37.8 Å². The Morgan fingerprint density at radius 1 is 0.434 bits per heavy atom. The first-order valence-corrected chi connectivity index (χ1v) is 18.8. The quantitative estimate of drug-likeness (QED) is 0.181. The third-order valence-electron chi connectivity index (χ3n) is 11.4. The molecule has 0 saturated heterocycles. The standard InChI is InChI=1S/C48H26N4S/c1-2-13-29-25-30(22-21-27(29)11-1)47-49-44-34-17-7-10-20-40(34)53-46(44)48(50-47)52-37-19-9-5-15-32(37)42-39(52)26-35-41-31-14-4-3-12-28(31)23-24-38(41)51-36-18-8-6-16-33(36)43(42)45(35)51/h1-26H. The minimum atomic E-state index is 0.728. The Labute approximate surface area is 305 Å². The minimum Gasteiger partial charge on any atom is -0.308 e. The van der Waals surface area contributed by atoms with E-state index in [1.807, 2.05) is 0 Å². The molecule has 0 radical (unpaired) electrons. The summed E-state index contributed by atoms with van der Waals surface area (Å²) in [7, 11) is 0. The van der Waals surface area contributed by atoms with E-state index in [1.54, 1.807) is 11.3 Å². The van der Waals surface area contributed by atoms with Crippen molar-refractivity contribution in [2.45, 2.75) is 0 Å². The Morgan fingerprint density at radius 2 is 1.11 bits per heavy atom. The van der Waals surface area contributed by atoms with Gasteiger partial charge in [-0.25, -0.2) is 9.97 Å². The Bertz CT molecular complexity index is 3700. The van der Waals surface area contributed by atoms with E-state index in [0.717, 1.165) is 43.8 Å². The predicted octanol–water partition coefficient (Wildman–Crippen LogP) is 13.1. The number of benzene rings is 8. The fourth-order valence-corrected chi connectivity index (χ4v) is 10.3. The van der Waals surface area contributed by atoms with Crippen molar-refractivity contribution in [1.82, 2.24) is 18.9 Å². The zero-order valence-corrected chi connectivity index (χ0v) is 29.0. The van der Waals surface area contributed by atoms with Gasteiger partial charge in [0.25, 0.3) is 0 Å². The fraction of sp³-hybridized carbons (Fsp3) is 0. The molecule has 8 aromatic carbocycles. The molecule has 5 aromatic heterocycles. The zero-order valence-electron chi connectivity index (χ0n) is 28.2. The molecule has 0 fully saturated rings. The minimum absolute atomic E-state index is 0.728. The number of rotatable bonds is 2. The van der Waals surface area contributed by atoms with Crippen LogP contribution in [0.15, 0.2) is 158 Å². The van der Waals surface area contributed by atoms with E-state index in [2.05, 4.69) is 167 Å². The Morgan fingerprint density at radius 3 is 1.98 bits per heavy atom. The summed E-state index contributed by atoms with van der Waals surface area (Å²) in [5, 5.41) is 13.6. The Hall–Kier alpha value is -6.82. The number of para-hydroxylation sites is 2. The van der Waals surface area contributed by atoms with Gasteiger partial charge < -0.3 is 4.40 Å². The summed E-state index contributed by atoms with van der Waals surface area (Å²) in [6, 6.07) is 57.3. The monoisotopic (exact) mass is 690 g/mol. The number of hydrogen-bond donors (Lipinski definition) is 0. The average molecular weight is 691 g/mol. The maximum Gasteiger partial charge on any atom is 0.162 e. The van der Waals surface area contributed by atoms with Crippen LogP contribution in [0.2, 0.25) is 0 Å². The van der Waals surface area contributed by atoms with E-state index < -0.39 is 0 Å². The van der Waals surface area contributed by atoms with Crippen LogP contribution in [0.4, 0.5) is 0 Å². The Kier molecular flexibility index (Phi) is 5.22. The third kappa shape index (κ3) is 3.54. The van der Waals surface area contributed by atoms with Crippen LogP contribution < -0.4 is 0 Å². The molecule has 0 aliphatic carbocycles. The molecule has 0 bridgehead atoms.